The highest BCUT2D eigenvalue weighted by molar-refractivity contribution is 5.70. The van der Waals surface area contributed by atoms with Gasteiger partial charge >= 0.3 is 5.97 Å². The highest BCUT2D eigenvalue weighted by atomic mass is 16.6. The number of esters is 1. The normalized spacial score (nSPS) is 30.6. The van der Waals surface area contributed by atoms with Gasteiger partial charge in [-0.05, 0) is 95.0 Å². The molecule has 0 aromatic heterocycles. The third kappa shape index (κ3) is 6.43. The standard InChI is InChI=1S/C30H47NO5/c1-21(2)7-13-25-29(3,36-25)28-27(33-6)24(15-16-30(28)17-18-30)35-26(32)14-10-22-8-11-23(12-9-22)34-20-19-31(4)5/h8-9,11-12,21,24-25,27-28H,7,10,13-20H2,1-6H3/t24?,25-,27-,28-,29+/m1/s1. The van der Waals surface area contributed by atoms with Crippen LogP contribution in [-0.4, -0.2) is 69.1 Å². The molecule has 2 aliphatic carbocycles. The predicted octanol–water partition coefficient (Wildman–Crippen LogP) is 5.27. The summed E-state index contributed by atoms with van der Waals surface area (Å²) in [4.78, 5) is 15.0. The van der Waals surface area contributed by atoms with Crippen LogP contribution in [0.5, 0.6) is 5.75 Å². The van der Waals surface area contributed by atoms with Gasteiger partial charge in [0.1, 0.15) is 24.6 Å². The Balaban J connectivity index is 1.30. The molecule has 0 radical (unpaired) electrons. The molecule has 1 aromatic rings. The molecule has 5 atom stereocenters. The molecule has 2 saturated carbocycles. The van der Waals surface area contributed by atoms with E-state index >= 15 is 0 Å². The van der Waals surface area contributed by atoms with E-state index in [4.69, 9.17) is 18.9 Å². The fraction of sp³-hybridized carbons (Fsp3) is 0.767. The lowest BCUT2D eigenvalue weighted by Gasteiger charge is -2.44. The Labute approximate surface area is 218 Å². The molecule has 0 bridgehead atoms. The fourth-order valence-electron chi connectivity index (χ4n) is 6.33. The average Bonchev–Trinajstić information content (AvgIpc) is 3.75. The summed E-state index contributed by atoms with van der Waals surface area (Å²) < 4.78 is 24.3. The first-order chi connectivity index (χ1) is 17.2. The summed E-state index contributed by atoms with van der Waals surface area (Å²) in [7, 11) is 5.84. The molecule has 4 rings (SSSR count). The number of carbonyl (C=O) groups excluding carboxylic acids is 1. The van der Waals surface area contributed by atoms with E-state index in [1.54, 1.807) is 7.11 Å². The van der Waals surface area contributed by atoms with Crippen LogP contribution in [0.2, 0.25) is 0 Å². The molecule has 1 spiro atoms. The molecule has 1 heterocycles. The van der Waals surface area contributed by atoms with Crippen molar-refractivity contribution in [2.75, 3.05) is 34.4 Å². The maximum Gasteiger partial charge on any atom is 0.306 e. The topological polar surface area (TPSA) is 60.5 Å². The van der Waals surface area contributed by atoms with Gasteiger partial charge in [-0.3, -0.25) is 4.79 Å². The van der Waals surface area contributed by atoms with Crippen molar-refractivity contribution in [1.29, 1.82) is 0 Å². The van der Waals surface area contributed by atoms with Crippen LogP contribution in [0.1, 0.15) is 71.3 Å². The fourth-order valence-corrected chi connectivity index (χ4v) is 6.33. The Morgan fingerprint density at radius 3 is 2.50 bits per heavy atom. The highest BCUT2D eigenvalue weighted by Crippen LogP contribution is 2.67. The Bertz CT molecular complexity index is 865. The average molecular weight is 502 g/mol. The van der Waals surface area contributed by atoms with Gasteiger partial charge in [0.2, 0.25) is 0 Å². The zero-order chi connectivity index (χ0) is 25.9. The molecule has 1 unspecified atom stereocenters. The van der Waals surface area contributed by atoms with Crippen molar-refractivity contribution in [2.24, 2.45) is 17.3 Å². The minimum absolute atomic E-state index is 0.0992. The van der Waals surface area contributed by atoms with Crippen molar-refractivity contribution in [1.82, 2.24) is 4.90 Å². The zero-order valence-corrected chi connectivity index (χ0v) is 23.3. The highest BCUT2D eigenvalue weighted by Gasteiger charge is 2.70. The van der Waals surface area contributed by atoms with E-state index in [1.807, 2.05) is 38.4 Å². The third-order valence-electron chi connectivity index (χ3n) is 8.68. The number of rotatable bonds is 13. The van der Waals surface area contributed by atoms with Crippen LogP contribution in [0.25, 0.3) is 0 Å². The van der Waals surface area contributed by atoms with E-state index in [0.717, 1.165) is 37.1 Å². The van der Waals surface area contributed by atoms with Crippen molar-refractivity contribution in [2.45, 2.75) is 96.1 Å². The Morgan fingerprint density at radius 1 is 1.17 bits per heavy atom. The third-order valence-corrected chi connectivity index (χ3v) is 8.68. The molecule has 1 aromatic carbocycles. The smallest absolute Gasteiger partial charge is 0.306 e. The number of carbonyl (C=O) groups is 1. The number of likely N-dealkylation sites (N-methyl/N-ethyl adjacent to an activating group) is 1. The summed E-state index contributed by atoms with van der Waals surface area (Å²) >= 11 is 0. The quantitative estimate of drug-likeness (QED) is 0.271. The van der Waals surface area contributed by atoms with Crippen LogP contribution in [-0.2, 0) is 25.4 Å². The van der Waals surface area contributed by atoms with Crippen LogP contribution in [0.3, 0.4) is 0 Å². The second-order valence-electron chi connectivity index (χ2n) is 12.2. The van der Waals surface area contributed by atoms with Gasteiger partial charge in [-0.15, -0.1) is 0 Å². The van der Waals surface area contributed by atoms with E-state index in [-0.39, 0.29) is 23.8 Å². The number of ether oxygens (including phenoxy) is 4. The van der Waals surface area contributed by atoms with E-state index < -0.39 is 0 Å². The van der Waals surface area contributed by atoms with Crippen LogP contribution in [0.4, 0.5) is 0 Å². The lowest BCUT2D eigenvalue weighted by molar-refractivity contribution is -0.172. The Kier molecular flexibility index (Phi) is 8.68. The number of hydrogen-bond donors (Lipinski definition) is 0. The molecular weight excluding hydrogens is 454 g/mol. The number of benzene rings is 1. The lowest BCUT2D eigenvalue weighted by Crippen LogP contribution is -2.52. The van der Waals surface area contributed by atoms with Crippen molar-refractivity contribution in [3.05, 3.63) is 29.8 Å². The Morgan fingerprint density at radius 2 is 1.89 bits per heavy atom. The molecule has 6 nitrogen and oxygen atoms in total. The first-order valence-corrected chi connectivity index (χ1v) is 13.9. The maximum absolute atomic E-state index is 12.9. The minimum Gasteiger partial charge on any atom is -0.492 e. The summed E-state index contributed by atoms with van der Waals surface area (Å²) in [6.45, 7) is 8.34. The number of methoxy groups -OCH3 is 1. The van der Waals surface area contributed by atoms with Crippen LogP contribution in [0.15, 0.2) is 24.3 Å². The first kappa shape index (κ1) is 27.4. The Hall–Kier alpha value is -1.63. The summed E-state index contributed by atoms with van der Waals surface area (Å²) in [6.07, 6.45) is 7.76. The van der Waals surface area contributed by atoms with E-state index in [1.165, 1.54) is 19.3 Å². The van der Waals surface area contributed by atoms with Crippen LogP contribution >= 0.6 is 0 Å². The van der Waals surface area contributed by atoms with E-state index in [9.17, 15) is 4.79 Å². The largest absolute Gasteiger partial charge is 0.492 e. The number of hydrogen-bond acceptors (Lipinski definition) is 6. The van der Waals surface area contributed by atoms with Gasteiger partial charge in [0.15, 0.2) is 0 Å². The second kappa shape index (κ2) is 11.4. The molecule has 3 fully saturated rings. The van der Waals surface area contributed by atoms with Crippen molar-refractivity contribution in [3.63, 3.8) is 0 Å². The van der Waals surface area contributed by atoms with Crippen molar-refractivity contribution < 1.29 is 23.7 Å². The zero-order valence-electron chi connectivity index (χ0n) is 23.3. The van der Waals surface area contributed by atoms with Gasteiger partial charge in [0.25, 0.3) is 0 Å². The van der Waals surface area contributed by atoms with Crippen LogP contribution in [0, 0.1) is 17.3 Å². The summed E-state index contributed by atoms with van der Waals surface area (Å²) in [6, 6.07) is 8.02. The van der Waals surface area contributed by atoms with Crippen LogP contribution < -0.4 is 4.74 Å². The molecule has 3 aliphatic rings. The molecule has 36 heavy (non-hydrogen) atoms. The first-order valence-electron chi connectivity index (χ1n) is 13.9. The molecule has 202 valence electrons. The number of epoxide rings is 1. The summed E-state index contributed by atoms with van der Waals surface area (Å²) in [5.41, 5.74) is 1.26. The molecule has 6 heteroatoms. The maximum atomic E-state index is 12.9. The SMILES string of the molecule is CO[C@@H]1C(OC(=O)CCc2ccc(OCCN(C)C)cc2)CCC2(CC2)[C@H]1[C@@]1(C)O[C@@H]1CCC(C)C. The summed E-state index contributed by atoms with van der Waals surface area (Å²) in [5, 5.41) is 0. The molecule has 1 saturated heterocycles. The monoisotopic (exact) mass is 501 g/mol. The van der Waals surface area contributed by atoms with Gasteiger partial charge in [-0.1, -0.05) is 26.0 Å². The van der Waals surface area contributed by atoms with Gasteiger partial charge in [0, 0.05) is 26.0 Å². The van der Waals surface area contributed by atoms with Crippen molar-refractivity contribution >= 4 is 5.97 Å². The lowest BCUT2D eigenvalue weighted by atomic mass is 9.66. The molecule has 0 amide bonds. The van der Waals surface area contributed by atoms with Gasteiger partial charge < -0.3 is 23.8 Å². The number of aryl methyl sites for hydroxylation is 1. The number of nitrogens with zero attached hydrogens (tertiary/aromatic N) is 1. The van der Waals surface area contributed by atoms with Gasteiger partial charge in [-0.25, -0.2) is 0 Å². The minimum atomic E-state index is -0.196. The molecule has 1 aliphatic heterocycles. The predicted molar refractivity (Wildman–Crippen MR) is 141 cm³/mol. The van der Waals surface area contributed by atoms with E-state index in [0.29, 0.717) is 42.8 Å². The van der Waals surface area contributed by atoms with Gasteiger partial charge in [0.05, 0.1) is 11.7 Å². The van der Waals surface area contributed by atoms with Gasteiger partial charge in [-0.2, -0.15) is 0 Å². The van der Waals surface area contributed by atoms with Crippen molar-refractivity contribution in [3.8, 4) is 5.75 Å². The molecular formula is C30H47NO5. The molecule has 0 N–H and O–H groups in total. The van der Waals surface area contributed by atoms with E-state index in [2.05, 4.69) is 25.7 Å². The second-order valence-corrected chi connectivity index (χ2v) is 12.2. The summed E-state index contributed by atoms with van der Waals surface area (Å²) in [5.74, 6) is 1.69.